The van der Waals surface area contributed by atoms with Gasteiger partial charge in [0.25, 0.3) is 5.91 Å². The van der Waals surface area contributed by atoms with Crippen LogP contribution in [0.4, 0.5) is 5.69 Å². The normalized spacial score (nSPS) is 25.7. The number of hydrogen-bond acceptors (Lipinski definition) is 9. The van der Waals surface area contributed by atoms with E-state index in [0.29, 0.717) is 11.1 Å². The van der Waals surface area contributed by atoms with Gasteiger partial charge in [0.15, 0.2) is 11.4 Å². The average Bonchev–Trinajstić information content (AvgIpc) is 2.85. The van der Waals surface area contributed by atoms with Gasteiger partial charge in [-0.05, 0) is 63.9 Å². The van der Waals surface area contributed by atoms with Crippen molar-refractivity contribution >= 4 is 28.9 Å². The van der Waals surface area contributed by atoms with Crippen LogP contribution >= 0.6 is 0 Å². The first-order valence-corrected chi connectivity index (χ1v) is 13.4. The quantitative estimate of drug-likeness (QED) is 0.352. The molecule has 1 amide bonds. The van der Waals surface area contributed by atoms with Gasteiger partial charge in [0.05, 0.1) is 11.6 Å². The molecule has 3 aliphatic carbocycles. The zero-order valence-corrected chi connectivity index (χ0v) is 23.9. The van der Waals surface area contributed by atoms with Gasteiger partial charge in [-0.3, -0.25) is 19.3 Å². The van der Waals surface area contributed by atoms with Gasteiger partial charge >= 0.3 is 0 Å². The lowest BCUT2D eigenvalue weighted by atomic mass is 9.57. The number of aromatic hydroxyl groups is 1. The molecule has 2 aromatic rings. The summed E-state index contributed by atoms with van der Waals surface area (Å²) >= 11 is 0. The number of carbonyl (C=O) groups is 3. The number of amides is 1. The summed E-state index contributed by atoms with van der Waals surface area (Å²) in [6, 6.07) is 6.56. The van der Waals surface area contributed by atoms with Gasteiger partial charge in [0.1, 0.15) is 22.8 Å². The van der Waals surface area contributed by atoms with Crippen LogP contribution in [0.1, 0.15) is 28.7 Å². The SMILES string of the molecule is Cc1cc(C)cc(-c2cc(N(C)C)c3c(c2O)C(O)=C2C(=O)[C@@]4(O)C(O)=C(C(N)=O)C(=O)[C@@H](N(C)C)[C@H]4C[C@H]2C3)c1. The van der Waals surface area contributed by atoms with Crippen molar-refractivity contribution in [1.82, 2.24) is 4.90 Å². The lowest BCUT2D eigenvalue weighted by molar-refractivity contribution is -0.153. The standard InChI is InChI=1S/C31H35N3O7/c1-13-7-14(2)9-15(8-13)17-12-20(33(3)4)18-10-16-11-19-24(34(5)6)27(37)23(30(32)40)29(39)31(19,41)28(38)21(16)26(36)22(18)25(17)35/h7-9,12,16,19,24,35-36,39,41H,10-11H2,1-6H3,(H2,32,40)/t16-,19-,24+,31-/m1/s1. The molecule has 216 valence electrons. The zero-order chi connectivity index (χ0) is 30.3. The van der Waals surface area contributed by atoms with E-state index in [9.17, 15) is 34.8 Å². The van der Waals surface area contributed by atoms with Crippen LogP contribution in [-0.2, 0) is 20.8 Å². The monoisotopic (exact) mass is 561 g/mol. The number of nitrogens with two attached hydrogens (primary N) is 1. The maximum Gasteiger partial charge on any atom is 0.255 e. The second-order valence-corrected chi connectivity index (χ2v) is 11.9. The van der Waals surface area contributed by atoms with Crippen molar-refractivity contribution in [2.45, 2.75) is 38.3 Å². The van der Waals surface area contributed by atoms with Crippen molar-refractivity contribution in [3.63, 3.8) is 0 Å². The molecule has 10 nitrogen and oxygen atoms in total. The zero-order valence-electron chi connectivity index (χ0n) is 23.9. The molecule has 4 atom stereocenters. The highest BCUT2D eigenvalue weighted by Gasteiger charge is 2.64. The largest absolute Gasteiger partial charge is 0.508 e. The number of Topliss-reactive ketones (excluding diaryl/α,β-unsaturated/α-hetero) is 2. The Balaban J connectivity index is 1.78. The van der Waals surface area contributed by atoms with Crippen molar-refractivity contribution in [2.24, 2.45) is 17.6 Å². The fraction of sp³-hybridized carbons (Fsp3) is 0.387. The van der Waals surface area contributed by atoms with Crippen molar-refractivity contribution in [1.29, 1.82) is 0 Å². The summed E-state index contributed by atoms with van der Waals surface area (Å²) in [6.07, 6.45) is 0.265. The Morgan fingerprint density at radius 3 is 2.15 bits per heavy atom. The van der Waals surface area contributed by atoms with E-state index in [1.54, 1.807) is 14.1 Å². The third kappa shape index (κ3) is 3.96. The molecule has 1 saturated carbocycles. The van der Waals surface area contributed by atoms with E-state index in [4.69, 9.17) is 5.73 Å². The molecule has 6 N–H and O–H groups in total. The fourth-order valence-electron chi connectivity index (χ4n) is 7.04. The summed E-state index contributed by atoms with van der Waals surface area (Å²) in [7, 11) is 6.83. The molecule has 0 saturated heterocycles. The molecule has 10 heteroatoms. The summed E-state index contributed by atoms with van der Waals surface area (Å²) in [5.41, 5.74) is 6.29. The van der Waals surface area contributed by atoms with Gasteiger partial charge < -0.3 is 31.1 Å². The molecule has 0 spiro atoms. The van der Waals surface area contributed by atoms with E-state index in [2.05, 4.69) is 0 Å². The first-order chi connectivity index (χ1) is 19.1. The van der Waals surface area contributed by atoms with Gasteiger partial charge in [-0.15, -0.1) is 0 Å². The Bertz CT molecular complexity index is 1580. The van der Waals surface area contributed by atoms with Crippen molar-refractivity contribution in [2.75, 3.05) is 33.1 Å². The molecule has 0 aromatic heterocycles. The molecule has 0 aliphatic heterocycles. The number of phenols is 1. The molecule has 1 fully saturated rings. The number of phenolic OH excluding ortho intramolecular Hbond substituents is 1. The summed E-state index contributed by atoms with van der Waals surface area (Å²) < 4.78 is 0. The molecule has 0 bridgehead atoms. The maximum absolute atomic E-state index is 14.1. The number of fused-ring (bicyclic) bond motifs is 3. The number of nitrogens with zero attached hydrogens (tertiary/aromatic N) is 2. The Morgan fingerprint density at radius 1 is 1.00 bits per heavy atom. The number of hydrogen-bond donors (Lipinski definition) is 5. The molecular weight excluding hydrogens is 526 g/mol. The van der Waals surface area contributed by atoms with Crippen LogP contribution in [0.25, 0.3) is 16.9 Å². The van der Waals surface area contributed by atoms with Crippen LogP contribution < -0.4 is 10.6 Å². The van der Waals surface area contributed by atoms with Gasteiger partial charge in [-0.1, -0.05) is 29.3 Å². The van der Waals surface area contributed by atoms with E-state index < -0.39 is 58.0 Å². The topological polar surface area (TPSA) is 165 Å². The maximum atomic E-state index is 14.1. The number of aliphatic hydroxyl groups is 3. The second kappa shape index (κ2) is 9.46. The minimum absolute atomic E-state index is 0.0399. The highest BCUT2D eigenvalue weighted by atomic mass is 16.3. The number of rotatable bonds is 4. The van der Waals surface area contributed by atoms with Crippen molar-refractivity contribution in [3.05, 3.63) is 63.4 Å². The van der Waals surface area contributed by atoms with Crippen molar-refractivity contribution < 1.29 is 34.8 Å². The number of aliphatic hydroxyl groups excluding tert-OH is 2. The lowest BCUT2D eigenvalue weighted by Crippen LogP contribution is -2.65. The molecule has 41 heavy (non-hydrogen) atoms. The minimum atomic E-state index is -2.67. The fourth-order valence-corrected chi connectivity index (χ4v) is 7.04. The van der Waals surface area contributed by atoms with E-state index >= 15 is 0 Å². The molecule has 0 radical (unpaired) electrons. The summed E-state index contributed by atoms with van der Waals surface area (Å²) in [4.78, 5) is 42.9. The summed E-state index contributed by atoms with van der Waals surface area (Å²) in [5.74, 6) is -6.65. The van der Waals surface area contributed by atoms with E-state index in [1.165, 1.54) is 4.90 Å². The van der Waals surface area contributed by atoms with Crippen LogP contribution in [0, 0.1) is 25.7 Å². The molecule has 0 unspecified atom stereocenters. The van der Waals surface area contributed by atoms with E-state index in [-0.39, 0.29) is 29.7 Å². The Hall–Kier alpha value is -4.15. The summed E-state index contributed by atoms with van der Waals surface area (Å²) in [6.45, 7) is 3.88. The van der Waals surface area contributed by atoms with Crippen LogP contribution in [0.5, 0.6) is 5.75 Å². The van der Waals surface area contributed by atoms with Crippen LogP contribution in [0.3, 0.4) is 0 Å². The third-order valence-electron chi connectivity index (χ3n) is 8.71. The van der Waals surface area contributed by atoms with Gasteiger partial charge in [0.2, 0.25) is 5.78 Å². The number of aryl methyl sites for hydroxylation is 2. The van der Waals surface area contributed by atoms with E-state index in [0.717, 1.165) is 22.4 Å². The first-order valence-electron chi connectivity index (χ1n) is 13.4. The third-order valence-corrected chi connectivity index (χ3v) is 8.71. The second-order valence-electron chi connectivity index (χ2n) is 11.9. The van der Waals surface area contributed by atoms with E-state index in [1.807, 2.05) is 57.1 Å². The number of benzene rings is 2. The van der Waals surface area contributed by atoms with Crippen LogP contribution in [0.15, 0.2) is 41.2 Å². The minimum Gasteiger partial charge on any atom is -0.508 e. The highest BCUT2D eigenvalue weighted by molar-refractivity contribution is 6.24. The highest BCUT2D eigenvalue weighted by Crippen LogP contribution is 2.55. The smallest absolute Gasteiger partial charge is 0.255 e. The lowest BCUT2D eigenvalue weighted by Gasteiger charge is -2.50. The predicted octanol–water partition coefficient (Wildman–Crippen LogP) is 2.31. The number of likely N-dealkylation sites (N-methyl/N-ethyl adjacent to an activating group) is 1. The molecule has 5 rings (SSSR count). The number of carbonyl (C=O) groups excluding carboxylic acids is 3. The number of primary amides is 1. The van der Waals surface area contributed by atoms with Gasteiger partial charge in [0, 0.05) is 36.8 Å². The first kappa shape index (κ1) is 28.4. The number of ketones is 2. The summed E-state index contributed by atoms with van der Waals surface area (Å²) in [5, 5.41) is 46.1. The molecule has 0 heterocycles. The van der Waals surface area contributed by atoms with Crippen molar-refractivity contribution in [3.8, 4) is 16.9 Å². The molecule has 2 aromatic carbocycles. The predicted molar refractivity (Wildman–Crippen MR) is 153 cm³/mol. The average molecular weight is 562 g/mol. The van der Waals surface area contributed by atoms with Gasteiger partial charge in [-0.25, -0.2) is 0 Å². The van der Waals surface area contributed by atoms with Gasteiger partial charge in [-0.2, -0.15) is 0 Å². The number of anilines is 1. The van der Waals surface area contributed by atoms with Crippen LogP contribution in [-0.4, -0.2) is 82.6 Å². The Kier molecular flexibility index (Phi) is 6.55. The Labute approximate surface area is 238 Å². The molecular formula is C31H35N3O7. The Morgan fingerprint density at radius 2 is 1.61 bits per heavy atom. The molecule has 3 aliphatic rings. The van der Waals surface area contributed by atoms with Crippen LogP contribution in [0.2, 0.25) is 0 Å².